The van der Waals surface area contributed by atoms with E-state index in [2.05, 4.69) is 10.6 Å². The molecule has 0 aliphatic heterocycles. The average Bonchev–Trinajstić information content (AvgIpc) is 3.32. The Hall–Kier alpha value is -2.60. The van der Waals surface area contributed by atoms with Gasteiger partial charge in [0.25, 0.3) is 5.91 Å². The summed E-state index contributed by atoms with van der Waals surface area (Å²) in [5.41, 5.74) is 7.96. The Morgan fingerprint density at radius 3 is 2.52 bits per heavy atom. The van der Waals surface area contributed by atoms with Crippen molar-refractivity contribution in [2.45, 2.75) is 25.3 Å². The van der Waals surface area contributed by atoms with E-state index < -0.39 is 0 Å². The first-order chi connectivity index (χ1) is 12.1. The fourth-order valence-electron chi connectivity index (χ4n) is 4.22. The highest BCUT2D eigenvalue weighted by molar-refractivity contribution is 6.04. The van der Waals surface area contributed by atoms with Gasteiger partial charge in [0.1, 0.15) is 6.26 Å². The average molecular weight is 339 g/mol. The molecule has 25 heavy (non-hydrogen) atoms. The number of hydrogen-bond acceptors (Lipinski definition) is 4. The summed E-state index contributed by atoms with van der Waals surface area (Å²) in [5.74, 6) is 0.513. The Morgan fingerprint density at radius 1 is 1.08 bits per heavy atom. The third kappa shape index (κ3) is 3.05. The van der Waals surface area contributed by atoms with Crippen LogP contribution in [0, 0.1) is 17.8 Å². The Labute approximate surface area is 145 Å². The van der Waals surface area contributed by atoms with Crippen LogP contribution in [0.5, 0.6) is 0 Å². The zero-order chi connectivity index (χ0) is 17.4. The maximum Gasteiger partial charge on any atom is 0.258 e. The normalized spacial score (nSPS) is 27.2. The second kappa shape index (κ2) is 6.37. The number of carbonyl (C=O) groups excluding carboxylic acids is 2. The number of nitrogens with two attached hydrogens (primary N) is 1. The largest absolute Gasteiger partial charge is 0.472 e. The molecule has 1 heterocycles. The molecule has 2 aliphatic carbocycles. The van der Waals surface area contributed by atoms with Gasteiger partial charge in [-0.1, -0.05) is 6.07 Å². The summed E-state index contributed by atoms with van der Waals surface area (Å²) in [6, 6.07) is 8.68. The fourth-order valence-corrected chi connectivity index (χ4v) is 4.22. The van der Waals surface area contributed by atoms with E-state index in [9.17, 15) is 9.59 Å². The van der Waals surface area contributed by atoms with E-state index in [0.29, 0.717) is 28.8 Å². The van der Waals surface area contributed by atoms with Crippen LogP contribution in [0.15, 0.2) is 47.3 Å². The van der Waals surface area contributed by atoms with E-state index in [4.69, 9.17) is 10.2 Å². The summed E-state index contributed by atoms with van der Waals surface area (Å²) >= 11 is 0. The van der Waals surface area contributed by atoms with Gasteiger partial charge in [-0.3, -0.25) is 9.59 Å². The molecule has 4 atom stereocenters. The van der Waals surface area contributed by atoms with Crippen molar-refractivity contribution in [1.29, 1.82) is 0 Å². The summed E-state index contributed by atoms with van der Waals surface area (Å²) < 4.78 is 4.91. The first kappa shape index (κ1) is 15.9. The SMILES string of the molecule is NC1C2CCC(C2)C1C(=O)Nc1cccc(NC(=O)c2ccoc2)c1. The van der Waals surface area contributed by atoms with Crippen molar-refractivity contribution in [2.24, 2.45) is 23.5 Å². The molecule has 2 bridgehead atoms. The molecule has 6 nitrogen and oxygen atoms in total. The Bertz CT molecular complexity index is 785. The Kier molecular flexibility index (Phi) is 4.05. The number of benzene rings is 1. The van der Waals surface area contributed by atoms with Gasteiger partial charge in [0.2, 0.25) is 5.91 Å². The lowest BCUT2D eigenvalue weighted by Crippen LogP contribution is -2.42. The lowest BCUT2D eigenvalue weighted by molar-refractivity contribution is -0.121. The zero-order valence-electron chi connectivity index (χ0n) is 13.8. The minimum atomic E-state index is -0.257. The number of amides is 2. The van der Waals surface area contributed by atoms with Crippen molar-refractivity contribution >= 4 is 23.2 Å². The maximum absolute atomic E-state index is 12.6. The van der Waals surface area contributed by atoms with Gasteiger partial charge in [-0.05, 0) is 55.4 Å². The topological polar surface area (TPSA) is 97.4 Å². The molecule has 4 rings (SSSR count). The predicted molar refractivity (Wildman–Crippen MR) is 94.0 cm³/mol. The van der Waals surface area contributed by atoms with Gasteiger partial charge in [-0.25, -0.2) is 0 Å². The van der Waals surface area contributed by atoms with Gasteiger partial charge in [0.15, 0.2) is 0 Å². The van der Waals surface area contributed by atoms with Crippen molar-refractivity contribution in [3.05, 3.63) is 48.4 Å². The number of fused-ring (bicyclic) bond motifs is 2. The second-order valence-corrected chi connectivity index (χ2v) is 6.97. The molecule has 1 aromatic heterocycles. The van der Waals surface area contributed by atoms with Crippen molar-refractivity contribution in [1.82, 2.24) is 0 Å². The number of rotatable bonds is 4. The maximum atomic E-state index is 12.6. The molecule has 130 valence electrons. The fraction of sp³-hybridized carbons (Fsp3) is 0.368. The molecule has 0 radical (unpaired) electrons. The van der Waals surface area contributed by atoms with Crippen LogP contribution in [0.2, 0.25) is 0 Å². The highest BCUT2D eigenvalue weighted by Crippen LogP contribution is 2.47. The van der Waals surface area contributed by atoms with Crippen LogP contribution in [0.25, 0.3) is 0 Å². The highest BCUT2D eigenvalue weighted by Gasteiger charge is 2.49. The van der Waals surface area contributed by atoms with Crippen LogP contribution in [0.4, 0.5) is 11.4 Å². The van der Waals surface area contributed by atoms with Gasteiger partial charge < -0.3 is 20.8 Å². The van der Waals surface area contributed by atoms with E-state index in [-0.39, 0.29) is 23.8 Å². The smallest absolute Gasteiger partial charge is 0.258 e. The lowest BCUT2D eigenvalue weighted by atomic mass is 9.84. The van der Waals surface area contributed by atoms with Crippen molar-refractivity contribution in [3.8, 4) is 0 Å². The minimum Gasteiger partial charge on any atom is -0.472 e. The van der Waals surface area contributed by atoms with Crippen molar-refractivity contribution < 1.29 is 14.0 Å². The van der Waals surface area contributed by atoms with Crippen LogP contribution in [-0.4, -0.2) is 17.9 Å². The van der Waals surface area contributed by atoms with E-state index in [1.807, 2.05) is 6.07 Å². The number of carbonyl (C=O) groups is 2. The lowest BCUT2D eigenvalue weighted by Gasteiger charge is -2.27. The molecule has 2 saturated carbocycles. The molecule has 6 heteroatoms. The molecule has 0 spiro atoms. The number of anilines is 2. The van der Waals surface area contributed by atoms with Crippen LogP contribution < -0.4 is 16.4 Å². The van der Waals surface area contributed by atoms with E-state index >= 15 is 0 Å². The third-order valence-corrected chi connectivity index (χ3v) is 5.45. The molecular weight excluding hydrogens is 318 g/mol. The Balaban J connectivity index is 1.43. The van der Waals surface area contributed by atoms with Gasteiger partial charge in [-0.15, -0.1) is 0 Å². The summed E-state index contributed by atoms with van der Waals surface area (Å²) in [4.78, 5) is 24.7. The molecule has 4 unspecified atom stereocenters. The highest BCUT2D eigenvalue weighted by atomic mass is 16.3. The van der Waals surface area contributed by atoms with Crippen molar-refractivity contribution in [2.75, 3.05) is 10.6 Å². The predicted octanol–water partition coefficient (Wildman–Crippen LogP) is 2.84. The van der Waals surface area contributed by atoms with E-state index in [0.717, 1.165) is 19.3 Å². The molecule has 2 amide bonds. The first-order valence-electron chi connectivity index (χ1n) is 8.62. The zero-order valence-corrected chi connectivity index (χ0v) is 13.8. The third-order valence-electron chi connectivity index (χ3n) is 5.45. The van der Waals surface area contributed by atoms with Gasteiger partial charge in [-0.2, -0.15) is 0 Å². The second-order valence-electron chi connectivity index (χ2n) is 6.97. The molecular formula is C19H21N3O3. The minimum absolute atomic E-state index is 0.0157. The molecule has 0 saturated heterocycles. The summed E-state index contributed by atoms with van der Waals surface area (Å²) in [6.45, 7) is 0. The molecule has 1 aromatic carbocycles. The summed E-state index contributed by atoms with van der Waals surface area (Å²) in [7, 11) is 0. The van der Waals surface area contributed by atoms with Crippen LogP contribution in [-0.2, 0) is 4.79 Å². The van der Waals surface area contributed by atoms with E-state index in [1.165, 1.54) is 12.5 Å². The van der Waals surface area contributed by atoms with Gasteiger partial charge in [0.05, 0.1) is 17.7 Å². The van der Waals surface area contributed by atoms with Crippen LogP contribution in [0.3, 0.4) is 0 Å². The van der Waals surface area contributed by atoms with Crippen LogP contribution in [0.1, 0.15) is 29.6 Å². The monoisotopic (exact) mass is 339 g/mol. The molecule has 2 aromatic rings. The quantitative estimate of drug-likeness (QED) is 0.798. The first-order valence-corrected chi connectivity index (χ1v) is 8.62. The van der Waals surface area contributed by atoms with Gasteiger partial charge >= 0.3 is 0 Å². The van der Waals surface area contributed by atoms with Gasteiger partial charge in [0, 0.05) is 17.4 Å². The van der Waals surface area contributed by atoms with Crippen molar-refractivity contribution in [3.63, 3.8) is 0 Å². The molecule has 4 N–H and O–H groups in total. The number of hydrogen-bond donors (Lipinski definition) is 3. The number of furan rings is 1. The Morgan fingerprint density at radius 2 is 1.84 bits per heavy atom. The molecule has 2 fully saturated rings. The number of nitrogens with one attached hydrogen (secondary N) is 2. The van der Waals surface area contributed by atoms with Crippen LogP contribution >= 0.6 is 0 Å². The standard InChI is InChI=1S/C19H21N3O3/c20-17-12-5-4-11(8-12)16(17)19(24)22-15-3-1-2-14(9-15)21-18(23)13-6-7-25-10-13/h1-3,6-7,9-12,16-17H,4-5,8,20H2,(H,21,23)(H,22,24). The van der Waals surface area contributed by atoms with E-state index in [1.54, 1.807) is 24.3 Å². The summed E-state index contributed by atoms with van der Waals surface area (Å²) in [6.07, 6.45) is 6.14. The summed E-state index contributed by atoms with van der Waals surface area (Å²) in [5, 5.41) is 5.75. The molecule has 2 aliphatic rings.